The zero-order valence-electron chi connectivity index (χ0n) is 25.3. The first-order valence-corrected chi connectivity index (χ1v) is 15.8. The second-order valence-corrected chi connectivity index (χ2v) is 13.7. The highest BCUT2D eigenvalue weighted by atomic mass is 32.1. The summed E-state index contributed by atoms with van der Waals surface area (Å²) in [5.41, 5.74) is 5.97. The quantitative estimate of drug-likeness (QED) is 0.389. The molecule has 0 unspecified atom stereocenters. The molecule has 0 bridgehead atoms. The van der Waals surface area contributed by atoms with Crippen molar-refractivity contribution in [3.05, 3.63) is 39.7 Å². The van der Waals surface area contributed by atoms with E-state index in [1.165, 1.54) is 74.5 Å². The zero-order valence-corrected chi connectivity index (χ0v) is 26.1. The zero-order chi connectivity index (χ0) is 27.5. The number of aliphatic hydroxyl groups is 1. The Balaban J connectivity index is 0.000000236. The molecule has 3 nitrogen and oxygen atoms in total. The van der Waals surface area contributed by atoms with Crippen LogP contribution in [0.5, 0.6) is 0 Å². The molecule has 2 aliphatic carbocycles. The molecule has 4 rings (SSSR count). The number of benzene rings is 1. The first-order valence-electron chi connectivity index (χ1n) is 14.9. The highest BCUT2D eigenvalue weighted by Crippen LogP contribution is 2.46. The summed E-state index contributed by atoms with van der Waals surface area (Å²) in [5, 5.41) is 11.9. The molecule has 0 saturated heterocycles. The number of aromatic nitrogens is 1. The minimum absolute atomic E-state index is 0.270. The summed E-state index contributed by atoms with van der Waals surface area (Å²) >= 11 is 1.73. The molecule has 2 aromatic rings. The van der Waals surface area contributed by atoms with E-state index >= 15 is 0 Å². The van der Waals surface area contributed by atoms with E-state index in [0.717, 1.165) is 36.3 Å². The number of nitrogens with zero attached hydrogens (tertiary/aromatic N) is 2. The Bertz CT molecular complexity index is 897. The molecule has 1 fully saturated rings. The number of fused-ring (bicyclic) bond motifs is 1. The fourth-order valence-electron chi connectivity index (χ4n) is 5.66. The van der Waals surface area contributed by atoms with Crippen molar-refractivity contribution >= 4 is 11.3 Å². The molecule has 4 heteroatoms. The number of rotatable bonds is 7. The van der Waals surface area contributed by atoms with Crippen LogP contribution in [0.2, 0.25) is 0 Å². The number of hydrogen-bond acceptors (Lipinski definition) is 4. The van der Waals surface area contributed by atoms with Crippen molar-refractivity contribution in [3.63, 3.8) is 0 Å². The molecular formula is C33H56N2OS. The lowest BCUT2D eigenvalue weighted by Crippen LogP contribution is -2.33. The van der Waals surface area contributed by atoms with Crippen molar-refractivity contribution in [3.8, 4) is 11.3 Å². The molecule has 1 N–H and O–H groups in total. The molecule has 1 aromatic heterocycles. The van der Waals surface area contributed by atoms with Gasteiger partial charge in [-0.1, -0.05) is 92.7 Å². The number of thiazole rings is 1. The van der Waals surface area contributed by atoms with Gasteiger partial charge in [0.1, 0.15) is 0 Å². The van der Waals surface area contributed by atoms with Gasteiger partial charge in [-0.05, 0) is 79.6 Å². The maximum atomic E-state index is 8.65. The summed E-state index contributed by atoms with van der Waals surface area (Å²) in [6.45, 7) is 21.6. The van der Waals surface area contributed by atoms with Crippen LogP contribution < -0.4 is 0 Å². The smallest absolute Gasteiger partial charge is 0.0901 e. The molecule has 1 saturated carbocycles. The van der Waals surface area contributed by atoms with Gasteiger partial charge in [-0.2, -0.15) is 0 Å². The normalized spacial score (nSPS) is 18.3. The van der Waals surface area contributed by atoms with E-state index in [1.807, 2.05) is 0 Å². The van der Waals surface area contributed by atoms with Crippen molar-refractivity contribution in [2.24, 2.45) is 5.92 Å². The number of aryl methyl sites for hydroxylation is 1. The maximum absolute atomic E-state index is 8.65. The van der Waals surface area contributed by atoms with Crippen LogP contribution in [-0.4, -0.2) is 41.2 Å². The van der Waals surface area contributed by atoms with Gasteiger partial charge in [-0.3, -0.25) is 0 Å². The molecule has 0 amide bonds. The monoisotopic (exact) mass is 528 g/mol. The molecule has 1 aromatic carbocycles. The SMILES string of the molecule is CC1CCCCC1.CCCN(CCC)CCO.Cc1nc(-c2ccc3c(c2)C(C)(C)CCC3(C)C)cs1. The summed E-state index contributed by atoms with van der Waals surface area (Å²) in [4.78, 5) is 6.92. The van der Waals surface area contributed by atoms with E-state index in [2.05, 4.69) is 88.9 Å². The number of aliphatic hydroxyl groups excluding tert-OH is 1. The second kappa shape index (κ2) is 15.4. The van der Waals surface area contributed by atoms with Crippen molar-refractivity contribution < 1.29 is 5.11 Å². The minimum atomic E-state index is 0.270. The Morgan fingerprint density at radius 1 is 0.919 bits per heavy atom. The fourth-order valence-corrected chi connectivity index (χ4v) is 6.28. The molecule has 2 aliphatic rings. The second-order valence-electron chi connectivity index (χ2n) is 12.6. The lowest BCUT2D eigenvalue weighted by molar-refractivity contribution is 0.196. The molecule has 1 heterocycles. The van der Waals surface area contributed by atoms with E-state index in [9.17, 15) is 0 Å². The molecule has 0 radical (unpaired) electrons. The lowest BCUT2D eigenvalue weighted by Gasteiger charge is -2.42. The summed E-state index contributed by atoms with van der Waals surface area (Å²) in [6.07, 6.45) is 12.3. The van der Waals surface area contributed by atoms with Crippen molar-refractivity contribution in [2.45, 2.75) is 124 Å². The van der Waals surface area contributed by atoms with Gasteiger partial charge < -0.3 is 10.0 Å². The van der Waals surface area contributed by atoms with E-state index < -0.39 is 0 Å². The van der Waals surface area contributed by atoms with Crippen LogP contribution in [0.3, 0.4) is 0 Å². The first-order chi connectivity index (χ1) is 17.5. The van der Waals surface area contributed by atoms with Crippen LogP contribution in [0, 0.1) is 12.8 Å². The predicted molar refractivity (Wildman–Crippen MR) is 164 cm³/mol. The van der Waals surface area contributed by atoms with E-state index in [-0.39, 0.29) is 5.41 Å². The van der Waals surface area contributed by atoms with Gasteiger partial charge in [0, 0.05) is 17.5 Å². The first kappa shape index (κ1) is 32.0. The average Bonchev–Trinajstić information content (AvgIpc) is 3.30. The van der Waals surface area contributed by atoms with E-state index in [4.69, 9.17) is 5.11 Å². The van der Waals surface area contributed by atoms with Crippen molar-refractivity contribution in [2.75, 3.05) is 26.2 Å². The van der Waals surface area contributed by atoms with E-state index in [1.54, 1.807) is 11.3 Å². The third-order valence-corrected chi connectivity index (χ3v) is 8.93. The van der Waals surface area contributed by atoms with Crippen LogP contribution in [0.25, 0.3) is 11.3 Å². The summed E-state index contributed by atoms with van der Waals surface area (Å²) < 4.78 is 0. The maximum Gasteiger partial charge on any atom is 0.0901 e. The standard InChI is InChI=1S/C18H23NS.C8H19NO.C7H14/c1-12-19-16(11-20-12)13-6-7-14-15(10-13)18(4,5)9-8-17(14,2)3;1-3-5-9(6-4-2)7-8-10;1-7-5-3-2-4-6-7/h6-7,10-11H,8-9H2,1-5H3;10H,3-8H2,1-2H3;7H,2-6H2,1H3. The van der Waals surface area contributed by atoms with Crippen molar-refractivity contribution in [1.29, 1.82) is 0 Å². The van der Waals surface area contributed by atoms with Crippen LogP contribution in [-0.2, 0) is 10.8 Å². The summed E-state index contributed by atoms with van der Waals surface area (Å²) in [5.74, 6) is 1.04. The summed E-state index contributed by atoms with van der Waals surface area (Å²) in [6, 6.07) is 6.96. The Kier molecular flexibility index (Phi) is 13.3. The average molecular weight is 529 g/mol. The fraction of sp³-hybridized carbons (Fsp3) is 0.727. The number of hydrogen-bond donors (Lipinski definition) is 1. The van der Waals surface area contributed by atoms with Gasteiger partial charge in [0.15, 0.2) is 0 Å². The molecule has 210 valence electrons. The van der Waals surface area contributed by atoms with Gasteiger partial charge in [0.25, 0.3) is 0 Å². The van der Waals surface area contributed by atoms with Crippen LogP contribution in [0.1, 0.15) is 122 Å². The van der Waals surface area contributed by atoms with Gasteiger partial charge in [-0.15, -0.1) is 11.3 Å². The van der Waals surface area contributed by atoms with Gasteiger partial charge in [0.05, 0.1) is 17.3 Å². The summed E-state index contributed by atoms with van der Waals surface area (Å²) in [7, 11) is 0. The molecule has 0 atom stereocenters. The third-order valence-electron chi connectivity index (χ3n) is 8.16. The van der Waals surface area contributed by atoms with Crippen LogP contribution in [0.4, 0.5) is 0 Å². The third kappa shape index (κ3) is 10.1. The molecule has 0 spiro atoms. The van der Waals surface area contributed by atoms with Crippen LogP contribution >= 0.6 is 11.3 Å². The van der Waals surface area contributed by atoms with Crippen molar-refractivity contribution in [1.82, 2.24) is 9.88 Å². The molecule has 37 heavy (non-hydrogen) atoms. The highest BCUT2D eigenvalue weighted by Gasteiger charge is 2.37. The van der Waals surface area contributed by atoms with Crippen LogP contribution in [0.15, 0.2) is 23.6 Å². The minimum Gasteiger partial charge on any atom is -0.395 e. The molecule has 0 aliphatic heterocycles. The van der Waals surface area contributed by atoms with Gasteiger partial charge in [-0.25, -0.2) is 4.98 Å². The van der Waals surface area contributed by atoms with E-state index in [0.29, 0.717) is 12.0 Å². The largest absolute Gasteiger partial charge is 0.395 e. The highest BCUT2D eigenvalue weighted by molar-refractivity contribution is 7.09. The Hall–Kier alpha value is -1.23. The lowest BCUT2D eigenvalue weighted by atomic mass is 9.63. The Labute approximate surface area is 233 Å². The van der Waals surface area contributed by atoms with Gasteiger partial charge >= 0.3 is 0 Å². The topological polar surface area (TPSA) is 36.4 Å². The van der Waals surface area contributed by atoms with Gasteiger partial charge in [0.2, 0.25) is 0 Å². The Morgan fingerprint density at radius 3 is 1.97 bits per heavy atom. The predicted octanol–water partition coefficient (Wildman–Crippen LogP) is 9.15. The molecular weight excluding hydrogens is 472 g/mol. The Morgan fingerprint density at radius 2 is 1.51 bits per heavy atom.